The predicted octanol–water partition coefficient (Wildman–Crippen LogP) is 6.91. The fraction of sp³-hybridized carbons (Fsp3) is 0.407. The lowest BCUT2D eigenvalue weighted by Crippen LogP contribution is -2.27. The molecule has 3 aromatic rings. The maximum Gasteiger partial charge on any atom is 0.270 e. The molecule has 0 saturated heterocycles. The summed E-state index contributed by atoms with van der Waals surface area (Å²) in [7, 11) is 0. The minimum Gasteiger partial charge on any atom is -0.490 e. The maximum absolute atomic E-state index is 13.5. The Morgan fingerprint density at radius 1 is 1.06 bits per heavy atom. The average molecular weight is 484 g/mol. The van der Waals surface area contributed by atoms with E-state index in [9.17, 15) is 4.79 Å². The van der Waals surface area contributed by atoms with E-state index in [0.717, 1.165) is 35.4 Å². The largest absolute Gasteiger partial charge is 0.490 e. The van der Waals surface area contributed by atoms with Gasteiger partial charge in [-0.2, -0.15) is 0 Å². The van der Waals surface area contributed by atoms with Gasteiger partial charge in [0.1, 0.15) is 0 Å². The van der Waals surface area contributed by atoms with Crippen molar-refractivity contribution in [3.63, 3.8) is 0 Å². The first kappa shape index (κ1) is 25.6. The number of halogens is 1. The molecule has 7 heteroatoms. The summed E-state index contributed by atoms with van der Waals surface area (Å²) in [6.07, 6.45) is 1.74. The van der Waals surface area contributed by atoms with Gasteiger partial charge in [0.15, 0.2) is 17.3 Å². The Kier molecular flexibility index (Phi) is 8.61. The van der Waals surface area contributed by atoms with Gasteiger partial charge in [0.2, 0.25) is 0 Å². The van der Waals surface area contributed by atoms with E-state index in [1.807, 2.05) is 45.0 Å². The smallest absolute Gasteiger partial charge is 0.270 e. The standard InChI is InChI=1S/C27H34ClN3O3/c1-7-15-33-23-14-13-20(18(5)25(23)34-16-8-2)27(32)30-31-24(17(3)4)19(6)29-26(31)21-11-9-10-12-22(21)28/h9-14,17H,7-8,15-16H2,1-6H3,(H,30,32). The second-order valence-corrected chi connectivity index (χ2v) is 8.99. The molecular weight excluding hydrogens is 450 g/mol. The average Bonchev–Trinajstić information content (AvgIpc) is 3.12. The minimum atomic E-state index is -0.256. The maximum atomic E-state index is 13.5. The Balaban J connectivity index is 2.05. The number of ether oxygens (including phenoxy) is 2. The molecule has 0 aliphatic carbocycles. The van der Waals surface area contributed by atoms with Crippen molar-refractivity contribution in [2.24, 2.45) is 0 Å². The van der Waals surface area contributed by atoms with Gasteiger partial charge in [0.05, 0.1) is 29.6 Å². The number of amides is 1. The molecule has 2 aromatic carbocycles. The third kappa shape index (κ3) is 5.39. The van der Waals surface area contributed by atoms with Crippen LogP contribution in [0.4, 0.5) is 0 Å². The molecule has 0 radical (unpaired) electrons. The number of aromatic nitrogens is 2. The first-order valence-electron chi connectivity index (χ1n) is 11.8. The fourth-order valence-electron chi connectivity index (χ4n) is 3.94. The van der Waals surface area contributed by atoms with E-state index < -0.39 is 0 Å². The first-order valence-corrected chi connectivity index (χ1v) is 12.2. The van der Waals surface area contributed by atoms with Crippen molar-refractivity contribution in [2.45, 2.75) is 60.3 Å². The monoisotopic (exact) mass is 483 g/mol. The summed E-state index contributed by atoms with van der Waals surface area (Å²) in [5, 5.41) is 0.571. The topological polar surface area (TPSA) is 65.4 Å². The Morgan fingerprint density at radius 3 is 2.38 bits per heavy atom. The lowest BCUT2D eigenvalue weighted by Gasteiger charge is -2.19. The van der Waals surface area contributed by atoms with Crippen LogP contribution >= 0.6 is 11.6 Å². The summed E-state index contributed by atoms with van der Waals surface area (Å²) in [5.41, 5.74) is 6.85. The van der Waals surface area contributed by atoms with Crippen molar-refractivity contribution in [3.05, 3.63) is 63.9 Å². The van der Waals surface area contributed by atoms with Crippen molar-refractivity contribution in [2.75, 3.05) is 18.6 Å². The predicted molar refractivity (Wildman–Crippen MR) is 138 cm³/mol. The summed E-state index contributed by atoms with van der Waals surface area (Å²) in [6, 6.07) is 11.1. The fourth-order valence-corrected chi connectivity index (χ4v) is 4.16. The highest BCUT2D eigenvalue weighted by Gasteiger charge is 2.24. The van der Waals surface area contributed by atoms with Gasteiger partial charge < -0.3 is 9.47 Å². The highest BCUT2D eigenvalue weighted by molar-refractivity contribution is 6.33. The van der Waals surface area contributed by atoms with Crippen LogP contribution in [0.2, 0.25) is 5.02 Å². The summed E-state index contributed by atoms with van der Waals surface area (Å²) < 4.78 is 13.6. The lowest BCUT2D eigenvalue weighted by molar-refractivity contribution is 0.101. The zero-order chi connectivity index (χ0) is 24.8. The van der Waals surface area contributed by atoms with E-state index in [2.05, 4.69) is 26.2 Å². The van der Waals surface area contributed by atoms with Crippen LogP contribution in [-0.2, 0) is 0 Å². The van der Waals surface area contributed by atoms with Crippen LogP contribution in [-0.4, -0.2) is 28.8 Å². The van der Waals surface area contributed by atoms with E-state index in [4.69, 9.17) is 26.1 Å². The molecule has 0 unspecified atom stereocenters. The molecule has 0 atom stereocenters. The molecule has 0 saturated carbocycles. The van der Waals surface area contributed by atoms with Crippen LogP contribution in [0.3, 0.4) is 0 Å². The van der Waals surface area contributed by atoms with Crippen molar-refractivity contribution in [1.29, 1.82) is 0 Å². The number of benzene rings is 2. The molecule has 6 nitrogen and oxygen atoms in total. The number of carbonyl (C=O) groups excluding carboxylic acids is 1. The van der Waals surface area contributed by atoms with E-state index in [-0.39, 0.29) is 11.8 Å². The number of hydrogen-bond donors (Lipinski definition) is 1. The second-order valence-electron chi connectivity index (χ2n) is 8.58. The van der Waals surface area contributed by atoms with E-state index in [1.165, 1.54) is 0 Å². The van der Waals surface area contributed by atoms with Crippen molar-refractivity contribution >= 4 is 17.5 Å². The van der Waals surface area contributed by atoms with Gasteiger partial charge in [-0.1, -0.05) is 51.4 Å². The molecule has 1 amide bonds. The van der Waals surface area contributed by atoms with Crippen LogP contribution in [0.5, 0.6) is 11.5 Å². The molecule has 3 rings (SSSR count). The molecule has 0 fully saturated rings. The van der Waals surface area contributed by atoms with E-state index in [0.29, 0.717) is 41.1 Å². The van der Waals surface area contributed by atoms with Gasteiger partial charge in [-0.15, -0.1) is 0 Å². The summed E-state index contributed by atoms with van der Waals surface area (Å²) >= 11 is 6.48. The van der Waals surface area contributed by atoms with Crippen LogP contribution < -0.4 is 14.9 Å². The zero-order valence-corrected chi connectivity index (χ0v) is 21.6. The van der Waals surface area contributed by atoms with Gasteiger partial charge >= 0.3 is 0 Å². The normalized spacial score (nSPS) is 11.1. The number of nitrogens with one attached hydrogen (secondary N) is 1. The molecule has 0 spiro atoms. The number of carbonyl (C=O) groups is 1. The molecule has 34 heavy (non-hydrogen) atoms. The van der Waals surface area contributed by atoms with Crippen molar-refractivity contribution < 1.29 is 14.3 Å². The summed E-state index contributed by atoms with van der Waals surface area (Å²) in [5.74, 6) is 1.75. The number of rotatable bonds is 10. The third-order valence-electron chi connectivity index (χ3n) is 5.50. The van der Waals surface area contributed by atoms with Gasteiger partial charge in [0.25, 0.3) is 5.91 Å². The van der Waals surface area contributed by atoms with Crippen molar-refractivity contribution in [1.82, 2.24) is 9.66 Å². The molecular formula is C27H34ClN3O3. The Hall–Kier alpha value is -2.99. The summed E-state index contributed by atoms with van der Waals surface area (Å²) in [4.78, 5) is 18.3. The van der Waals surface area contributed by atoms with Gasteiger partial charge in [-0.05, 0) is 56.9 Å². The molecule has 1 heterocycles. The lowest BCUT2D eigenvalue weighted by atomic mass is 10.1. The first-order chi connectivity index (χ1) is 16.3. The van der Waals surface area contributed by atoms with Crippen molar-refractivity contribution in [3.8, 4) is 22.9 Å². The highest BCUT2D eigenvalue weighted by atomic mass is 35.5. The summed E-state index contributed by atoms with van der Waals surface area (Å²) in [6.45, 7) is 13.2. The molecule has 182 valence electrons. The molecule has 0 aliphatic rings. The number of hydrogen-bond acceptors (Lipinski definition) is 4. The van der Waals surface area contributed by atoms with Gasteiger partial charge in [0, 0.05) is 16.7 Å². The molecule has 1 N–H and O–H groups in total. The number of nitrogens with zero attached hydrogens (tertiary/aromatic N) is 2. The Morgan fingerprint density at radius 2 is 1.74 bits per heavy atom. The van der Waals surface area contributed by atoms with Gasteiger partial charge in [-0.25, -0.2) is 9.66 Å². The minimum absolute atomic E-state index is 0.137. The van der Waals surface area contributed by atoms with Gasteiger partial charge in [-0.3, -0.25) is 10.2 Å². The third-order valence-corrected chi connectivity index (χ3v) is 5.83. The van der Waals surface area contributed by atoms with Crippen LogP contribution in [0.25, 0.3) is 11.4 Å². The number of imidazole rings is 1. The van der Waals surface area contributed by atoms with E-state index >= 15 is 0 Å². The van der Waals surface area contributed by atoms with E-state index in [1.54, 1.807) is 16.8 Å². The molecule has 0 bridgehead atoms. The Labute approximate surface area is 207 Å². The molecule has 1 aromatic heterocycles. The molecule has 0 aliphatic heterocycles. The second kappa shape index (κ2) is 11.4. The van der Waals surface area contributed by atoms with Crippen LogP contribution in [0, 0.1) is 13.8 Å². The SMILES string of the molecule is CCCOc1ccc(C(=O)Nn2c(-c3ccccc3Cl)nc(C)c2C(C)C)c(C)c1OCCC. The number of aryl methyl sites for hydroxylation is 1. The quantitative estimate of drug-likeness (QED) is 0.340. The zero-order valence-electron chi connectivity index (χ0n) is 20.9. The van der Waals surface area contributed by atoms with Crippen LogP contribution in [0.1, 0.15) is 73.8 Å². The van der Waals surface area contributed by atoms with Crippen LogP contribution in [0.15, 0.2) is 36.4 Å². The Bertz CT molecular complexity index is 1150. The highest BCUT2D eigenvalue weighted by Crippen LogP contribution is 2.35.